The molecule has 2 aromatic rings. The molecule has 4 nitrogen and oxygen atoms in total. The second-order valence-corrected chi connectivity index (χ2v) is 5.13. The van der Waals surface area contributed by atoms with Crippen LogP contribution in [0.4, 0.5) is 5.13 Å². The number of rotatable bonds is 2. The van der Waals surface area contributed by atoms with Gasteiger partial charge in [0.25, 0.3) is 0 Å². The van der Waals surface area contributed by atoms with E-state index in [2.05, 4.69) is 24.0 Å². The molecule has 1 aromatic heterocycles. The molecule has 84 valence electrons. The summed E-state index contributed by atoms with van der Waals surface area (Å²) in [5, 5.41) is 18.5. The van der Waals surface area contributed by atoms with Crippen LogP contribution in [0.1, 0.15) is 24.4 Å². The number of nitrogens with two attached hydrogens (primary N) is 1. The number of nitrogen functional groups attached to an aromatic ring is 1. The Morgan fingerprint density at radius 1 is 1.19 bits per heavy atom. The van der Waals surface area contributed by atoms with Gasteiger partial charge in [0.2, 0.25) is 5.13 Å². The van der Waals surface area contributed by atoms with Gasteiger partial charge in [0.15, 0.2) is 0 Å². The molecule has 0 atom stereocenters. The lowest BCUT2D eigenvalue weighted by atomic mass is 9.85. The van der Waals surface area contributed by atoms with Crippen LogP contribution in [0.2, 0.25) is 0 Å². The minimum atomic E-state index is -0.247. The molecule has 0 aliphatic heterocycles. The molecule has 0 aliphatic carbocycles. The Kier molecular flexibility index (Phi) is 2.55. The SMILES string of the molecule is CC(C)(c1ccc(O)cc1)c1nnc(N)s1. The topological polar surface area (TPSA) is 72.0 Å². The van der Waals surface area contributed by atoms with Gasteiger partial charge in [-0.25, -0.2) is 0 Å². The Morgan fingerprint density at radius 3 is 2.31 bits per heavy atom. The second kappa shape index (κ2) is 3.75. The van der Waals surface area contributed by atoms with Crippen LogP contribution >= 0.6 is 11.3 Å². The number of hydrogen-bond donors (Lipinski definition) is 2. The lowest BCUT2D eigenvalue weighted by Crippen LogP contribution is -2.18. The third-order valence-corrected chi connectivity index (χ3v) is 3.64. The minimum Gasteiger partial charge on any atom is -0.508 e. The molecule has 3 N–H and O–H groups in total. The van der Waals surface area contributed by atoms with Crippen molar-refractivity contribution in [2.75, 3.05) is 5.73 Å². The predicted molar refractivity (Wildman–Crippen MR) is 64.6 cm³/mol. The van der Waals surface area contributed by atoms with E-state index in [1.54, 1.807) is 12.1 Å². The van der Waals surface area contributed by atoms with E-state index >= 15 is 0 Å². The molecule has 16 heavy (non-hydrogen) atoms. The predicted octanol–water partition coefficient (Wildman–Crippen LogP) is 2.15. The number of phenolic OH excluding ortho intramolecular Hbond substituents is 1. The number of aromatic hydroxyl groups is 1. The summed E-state index contributed by atoms with van der Waals surface area (Å²) in [6, 6.07) is 7.10. The summed E-state index contributed by atoms with van der Waals surface area (Å²) in [7, 11) is 0. The fourth-order valence-electron chi connectivity index (χ4n) is 1.49. The highest BCUT2D eigenvalue weighted by atomic mass is 32.1. The number of nitrogens with zero attached hydrogens (tertiary/aromatic N) is 2. The smallest absolute Gasteiger partial charge is 0.203 e. The summed E-state index contributed by atoms with van der Waals surface area (Å²) in [6.07, 6.45) is 0. The molecule has 0 saturated heterocycles. The van der Waals surface area contributed by atoms with E-state index in [0.717, 1.165) is 10.6 Å². The largest absolute Gasteiger partial charge is 0.508 e. The fourth-order valence-corrected chi connectivity index (χ4v) is 2.22. The van der Waals surface area contributed by atoms with Crippen molar-refractivity contribution < 1.29 is 5.11 Å². The van der Waals surface area contributed by atoms with Crippen molar-refractivity contribution in [1.29, 1.82) is 0 Å². The van der Waals surface area contributed by atoms with Crippen molar-refractivity contribution >= 4 is 16.5 Å². The highest BCUT2D eigenvalue weighted by Crippen LogP contribution is 2.34. The minimum absolute atomic E-state index is 0.247. The second-order valence-electron chi connectivity index (χ2n) is 4.12. The van der Waals surface area contributed by atoms with Crippen molar-refractivity contribution in [1.82, 2.24) is 10.2 Å². The Hall–Kier alpha value is -1.62. The maximum absolute atomic E-state index is 9.25. The monoisotopic (exact) mass is 235 g/mol. The molecule has 0 unspecified atom stereocenters. The first-order chi connectivity index (χ1) is 7.50. The lowest BCUT2D eigenvalue weighted by molar-refractivity contribution is 0.474. The van der Waals surface area contributed by atoms with E-state index < -0.39 is 0 Å². The summed E-state index contributed by atoms with van der Waals surface area (Å²) in [4.78, 5) is 0. The van der Waals surface area contributed by atoms with Gasteiger partial charge in [-0.05, 0) is 31.5 Å². The number of benzene rings is 1. The van der Waals surface area contributed by atoms with E-state index in [9.17, 15) is 5.11 Å². The molecule has 5 heteroatoms. The summed E-state index contributed by atoms with van der Waals surface area (Å²) in [6.45, 7) is 4.11. The van der Waals surface area contributed by atoms with E-state index in [-0.39, 0.29) is 11.2 Å². The van der Waals surface area contributed by atoms with Crippen molar-refractivity contribution in [2.45, 2.75) is 19.3 Å². The van der Waals surface area contributed by atoms with Crippen LogP contribution in [0.25, 0.3) is 0 Å². The van der Waals surface area contributed by atoms with Gasteiger partial charge in [-0.1, -0.05) is 23.5 Å². The average Bonchev–Trinajstić information content (AvgIpc) is 2.66. The van der Waals surface area contributed by atoms with Crippen molar-refractivity contribution in [2.24, 2.45) is 0 Å². The van der Waals surface area contributed by atoms with E-state index in [0.29, 0.717) is 5.13 Å². The van der Waals surface area contributed by atoms with Crippen LogP contribution < -0.4 is 5.73 Å². The van der Waals surface area contributed by atoms with Gasteiger partial charge in [-0.2, -0.15) is 0 Å². The van der Waals surface area contributed by atoms with Gasteiger partial charge in [-0.3, -0.25) is 0 Å². The molecule has 0 spiro atoms. The molecule has 1 heterocycles. The van der Waals surface area contributed by atoms with Gasteiger partial charge < -0.3 is 10.8 Å². The third kappa shape index (κ3) is 1.86. The standard InChI is InChI=1S/C11H13N3OS/c1-11(2,9-13-14-10(12)16-9)7-3-5-8(15)6-4-7/h3-6,15H,1-2H3,(H2,12,14). The number of anilines is 1. The molecule has 0 aliphatic rings. The first-order valence-electron chi connectivity index (χ1n) is 4.89. The Balaban J connectivity index is 2.42. The van der Waals surface area contributed by atoms with Gasteiger partial charge in [0.1, 0.15) is 10.8 Å². The van der Waals surface area contributed by atoms with Gasteiger partial charge in [0.05, 0.1) is 0 Å². The van der Waals surface area contributed by atoms with Crippen LogP contribution in [0.5, 0.6) is 5.75 Å². The average molecular weight is 235 g/mol. The van der Waals surface area contributed by atoms with Crippen LogP contribution in [0.3, 0.4) is 0 Å². The highest BCUT2D eigenvalue weighted by Gasteiger charge is 2.27. The van der Waals surface area contributed by atoms with Gasteiger partial charge in [-0.15, -0.1) is 10.2 Å². The normalized spacial score (nSPS) is 11.6. The molecule has 2 rings (SSSR count). The molecule has 0 fully saturated rings. The molecule has 0 radical (unpaired) electrons. The van der Waals surface area contributed by atoms with E-state index in [1.165, 1.54) is 11.3 Å². The highest BCUT2D eigenvalue weighted by molar-refractivity contribution is 7.15. The number of phenols is 1. The van der Waals surface area contributed by atoms with Crippen LogP contribution in [-0.2, 0) is 5.41 Å². The van der Waals surface area contributed by atoms with Crippen molar-refractivity contribution in [3.63, 3.8) is 0 Å². The van der Waals surface area contributed by atoms with Crippen LogP contribution in [0.15, 0.2) is 24.3 Å². The molecule has 0 bridgehead atoms. The van der Waals surface area contributed by atoms with Gasteiger partial charge >= 0.3 is 0 Å². The maximum atomic E-state index is 9.25. The molecular weight excluding hydrogens is 222 g/mol. The zero-order valence-electron chi connectivity index (χ0n) is 9.14. The number of aromatic nitrogens is 2. The van der Waals surface area contributed by atoms with Crippen LogP contribution in [0, 0.1) is 0 Å². The summed E-state index contributed by atoms with van der Waals surface area (Å²) in [5.74, 6) is 0.260. The zero-order valence-corrected chi connectivity index (χ0v) is 9.95. The summed E-state index contributed by atoms with van der Waals surface area (Å²) >= 11 is 1.39. The third-order valence-electron chi connectivity index (χ3n) is 2.56. The summed E-state index contributed by atoms with van der Waals surface area (Å²) < 4.78 is 0. The quantitative estimate of drug-likeness (QED) is 0.836. The zero-order chi connectivity index (χ0) is 11.8. The Morgan fingerprint density at radius 2 is 1.81 bits per heavy atom. The first kappa shape index (κ1) is 10.9. The van der Waals surface area contributed by atoms with E-state index in [4.69, 9.17) is 5.73 Å². The molecule has 0 saturated carbocycles. The summed E-state index contributed by atoms with van der Waals surface area (Å²) in [5.41, 5.74) is 6.41. The van der Waals surface area contributed by atoms with Crippen molar-refractivity contribution in [3.8, 4) is 5.75 Å². The van der Waals surface area contributed by atoms with Crippen LogP contribution in [-0.4, -0.2) is 15.3 Å². The molecular formula is C11H13N3OS. The van der Waals surface area contributed by atoms with E-state index in [1.807, 2.05) is 12.1 Å². The molecule has 1 aromatic carbocycles. The first-order valence-corrected chi connectivity index (χ1v) is 5.71. The lowest BCUT2D eigenvalue weighted by Gasteiger charge is -2.21. The molecule has 0 amide bonds. The Labute approximate surface area is 97.8 Å². The number of hydrogen-bond acceptors (Lipinski definition) is 5. The van der Waals surface area contributed by atoms with Gasteiger partial charge in [0, 0.05) is 5.41 Å². The fraction of sp³-hybridized carbons (Fsp3) is 0.273. The maximum Gasteiger partial charge on any atom is 0.203 e. The van der Waals surface area contributed by atoms with Crippen molar-refractivity contribution in [3.05, 3.63) is 34.8 Å². The Bertz CT molecular complexity index is 490.